The molecule has 6 N–H and O–H groups in total. The van der Waals surface area contributed by atoms with Gasteiger partial charge in [0, 0.05) is 6.42 Å². The standard InChI is InChI=1S/C51H101NO7/c1-3-5-7-9-11-13-15-17-18-19-20-21-22-23-24-25-26-27-29-31-33-35-37-42-48(55)52-44(43-59-47-41-38-40-46(54)50(57)51(47)58)49(56)45(53)39-36-34-32-30-28-16-14-12-10-8-6-4-2/h44-47,49-51,53-54,56-58H,3-43H2,1-2H3,(H,52,55)/t44-,45+,46+,47+,49-,50+,51+/m1/s1. The molecule has 1 saturated carbocycles. The molecule has 1 aliphatic carbocycles. The molecular weight excluding hydrogens is 739 g/mol. The molecule has 0 radical (unpaired) electrons. The first-order valence-electron chi connectivity index (χ1n) is 26.1. The van der Waals surface area contributed by atoms with Crippen LogP contribution < -0.4 is 5.32 Å². The summed E-state index contributed by atoms with van der Waals surface area (Å²) in [7, 11) is 0. The Labute approximate surface area is 365 Å². The largest absolute Gasteiger partial charge is 0.390 e. The zero-order valence-corrected chi connectivity index (χ0v) is 39.1. The van der Waals surface area contributed by atoms with Crippen molar-refractivity contribution in [1.29, 1.82) is 0 Å². The highest BCUT2D eigenvalue weighted by Gasteiger charge is 2.36. The molecule has 1 amide bonds. The highest BCUT2D eigenvalue weighted by molar-refractivity contribution is 5.76. The first-order valence-corrected chi connectivity index (χ1v) is 26.1. The summed E-state index contributed by atoms with van der Waals surface area (Å²) >= 11 is 0. The second-order valence-electron chi connectivity index (χ2n) is 18.8. The number of hydrogen-bond donors (Lipinski definition) is 6. The van der Waals surface area contributed by atoms with Gasteiger partial charge in [0.2, 0.25) is 5.91 Å². The Balaban J connectivity index is 2.23. The van der Waals surface area contributed by atoms with Gasteiger partial charge in [-0.3, -0.25) is 4.79 Å². The number of amides is 1. The lowest BCUT2D eigenvalue weighted by atomic mass is 9.98. The molecular formula is C51H101NO7. The molecule has 1 rings (SSSR count). The van der Waals surface area contributed by atoms with Crippen LogP contribution in [0.5, 0.6) is 0 Å². The van der Waals surface area contributed by atoms with Crippen molar-refractivity contribution in [2.45, 2.75) is 313 Å². The minimum Gasteiger partial charge on any atom is -0.390 e. The molecule has 59 heavy (non-hydrogen) atoms. The van der Waals surface area contributed by atoms with Crippen LogP contribution in [0.4, 0.5) is 0 Å². The molecule has 0 aromatic heterocycles. The van der Waals surface area contributed by atoms with Gasteiger partial charge in [0.25, 0.3) is 0 Å². The lowest BCUT2D eigenvalue weighted by molar-refractivity contribution is -0.132. The van der Waals surface area contributed by atoms with E-state index in [2.05, 4.69) is 19.2 Å². The molecule has 8 nitrogen and oxygen atoms in total. The van der Waals surface area contributed by atoms with Gasteiger partial charge in [-0.2, -0.15) is 0 Å². The van der Waals surface area contributed by atoms with Crippen molar-refractivity contribution < 1.29 is 35.1 Å². The van der Waals surface area contributed by atoms with Gasteiger partial charge < -0.3 is 35.6 Å². The number of carbonyl (C=O) groups is 1. The molecule has 352 valence electrons. The van der Waals surface area contributed by atoms with E-state index in [0.29, 0.717) is 32.1 Å². The number of nitrogens with one attached hydrogen (secondary N) is 1. The third kappa shape index (κ3) is 32.6. The summed E-state index contributed by atoms with van der Waals surface area (Å²) in [5.74, 6) is -0.171. The predicted octanol–water partition coefficient (Wildman–Crippen LogP) is 12.3. The predicted molar refractivity (Wildman–Crippen MR) is 248 cm³/mol. The summed E-state index contributed by atoms with van der Waals surface area (Å²) in [6.07, 6.45) is 40.9. The highest BCUT2D eigenvalue weighted by Crippen LogP contribution is 2.23. The smallest absolute Gasteiger partial charge is 0.220 e. The van der Waals surface area contributed by atoms with E-state index in [4.69, 9.17) is 4.74 Å². The zero-order chi connectivity index (χ0) is 43.0. The van der Waals surface area contributed by atoms with E-state index in [-0.39, 0.29) is 12.5 Å². The Morgan fingerprint density at radius 2 is 0.864 bits per heavy atom. The quantitative estimate of drug-likeness (QED) is 0.0265. The molecule has 0 saturated heterocycles. The molecule has 1 aliphatic rings. The van der Waals surface area contributed by atoms with E-state index in [0.717, 1.165) is 38.5 Å². The fourth-order valence-corrected chi connectivity index (χ4v) is 8.94. The first kappa shape index (κ1) is 56.2. The summed E-state index contributed by atoms with van der Waals surface area (Å²) < 4.78 is 5.99. The van der Waals surface area contributed by atoms with Gasteiger partial charge in [-0.1, -0.05) is 232 Å². The van der Waals surface area contributed by atoms with Crippen molar-refractivity contribution in [3.63, 3.8) is 0 Å². The van der Waals surface area contributed by atoms with Crippen LogP contribution in [0.1, 0.15) is 271 Å². The topological polar surface area (TPSA) is 139 Å². The van der Waals surface area contributed by atoms with Crippen molar-refractivity contribution in [2.75, 3.05) is 6.61 Å². The van der Waals surface area contributed by atoms with Crippen LogP contribution in [0.2, 0.25) is 0 Å². The van der Waals surface area contributed by atoms with Crippen molar-refractivity contribution in [3.8, 4) is 0 Å². The molecule has 0 aromatic rings. The van der Waals surface area contributed by atoms with Crippen LogP contribution in [-0.4, -0.2) is 80.7 Å². The van der Waals surface area contributed by atoms with Crippen LogP contribution in [0, 0.1) is 0 Å². The zero-order valence-electron chi connectivity index (χ0n) is 39.1. The maximum absolute atomic E-state index is 13.1. The number of aliphatic hydroxyl groups is 5. The van der Waals surface area contributed by atoms with Crippen LogP contribution in [0.25, 0.3) is 0 Å². The van der Waals surface area contributed by atoms with E-state index in [9.17, 15) is 30.3 Å². The Bertz CT molecular complexity index is 892. The monoisotopic (exact) mass is 840 g/mol. The maximum atomic E-state index is 13.1. The SMILES string of the molecule is CCCCCCCCCCCCCCCCCCCCCCCCCC(=O)N[C@H](CO[C@H]1CCC[C@H](O)[C@H](O)[C@H]1O)[C@@H](O)[C@@H](O)CCCCCCCCCCCCCC. The van der Waals surface area contributed by atoms with Crippen LogP contribution in [0.3, 0.4) is 0 Å². The van der Waals surface area contributed by atoms with Crippen molar-refractivity contribution in [3.05, 3.63) is 0 Å². The maximum Gasteiger partial charge on any atom is 0.220 e. The molecule has 7 atom stereocenters. The lowest BCUT2D eigenvalue weighted by Gasteiger charge is -2.31. The lowest BCUT2D eigenvalue weighted by Crippen LogP contribution is -2.52. The average molecular weight is 840 g/mol. The second-order valence-corrected chi connectivity index (χ2v) is 18.8. The van der Waals surface area contributed by atoms with Crippen molar-refractivity contribution in [1.82, 2.24) is 5.32 Å². The third-order valence-corrected chi connectivity index (χ3v) is 13.1. The van der Waals surface area contributed by atoms with Crippen molar-refractivity contribution in [2.24, 2.45) is 0 Å². The molecule has 0 spiro atoms. The first-order chi connectivity index (χ1) is 28.8. The van der Waals surface area contributed by atoms with Gasteiger partial charge in [0.05, 0.1) is 31.0 Å². The van der Waals surface area contributed by atoms with E-state index >= 15 is 0 Å². The summed E-state index contributed by atoms with van der Waals surface area (Å²) in [5.41, 5.74) is 0. The summed E-state index contributed by atoms with van der Waals surface area (Å²) in [6.45, 7) is 4.45. The summed E-state index contributed by atoms with van der Waals surface area (Å²) in [5, 5.41) is 56.1. The molecule has 0 unspecified atom stereocenters. The number of ether oxygens (including phenoxy) is 1. The average Bonchev–Trinajstić information content (AvgIpc) is 3.35. The van der Waals surface area contributed by atoms with Gasteiger partial charge in [-0.05, 0) is 32.1 Å². The van der Waals surface area contributed by atoms with Crippen LogP contribution in [-0.2, 0) is 9.53 Å². The Morgan fingerprint density at radius 3 is 1.25 bits per heavy atom. The molecule has 8 heteroatoms. The summed E-state index contributed by atoms with van der Waals surface area (Å²) in [6, 6.07) is -0.836. The highest BCUT2D eigenvalue weighted by atomic mass is 16.5. The fraction of sp³-hybridized carbons (Fsp3) is 0.980. The van der Waals surface area contributed by atoms with Gasteiger partial charge >= 0.3 is 0 Å². The molecule has 0 aromatic carbocycles. The number of unbranched alkanes of at least 4 members (excludes halogenated alkanes) is 33. The van der Waals surface area contributed by atoms with E-state index in [1.54, 1.807) is 0 Å². The van der Waals surface area contributed by atoms with Crippen molar-refractivity contribution >= 4 is 5.91 Å². The van der Waals surface area contributed by atoms with Crippen LogP contribution in [0.15, 0.2) is 0 Å². The molecule has 1 fully saturated rings. The Kier molecular flexibility index (Phi) is 39.3. The number of carbonyl (C=O) groups excluding carboxylic acids is 1. The Morgan fingerprint density at radius 1 is 0.508 bits per heavy atom. The van der Waals surface area contributed by atoms with E-state index in [1.807, 2.05) is 0 Å². The summed E-state index contributed by atoms with van der Waals surface area (Å²) in [4.78, 5) is 13.1. The normalized spacial score (nSPS) is 20.1. The number of hydrogen-bond acceptors (Lipinski definition) is 7. The Hall–Kier alpha value is -0.770. The minimum atomic E-state index is -1.31. The third-order valence-electron chi connectivity index (χ3n) is 13.1. The fourth-order valence-electron chi connectivity index (χ4n) is 8.94. The molecule has 0 aliphatic heterocycles. The van der Waals surface area contributed by atoms with E-state index < -0.39 is 42.7 Å². The molecule has 0 heterocycles. The van der Waals surface area contributed by atoms with Gasteiger partial charge in [-0.15, -0.1) is 0 Å². The number of rotatable bonds is 43. The van der Waals surface area contributed by atoms with Gasteiger partial charge in [0.15, 0.2) is 0 Å². The van der Waals surface area contributed by atoms with Gasteiger partial charge in [-0.25, -0.2) is 0 Å². The van der Waals surface area contributed by atoms with Crippen LogP contribution >= 0.6 is 0 Å². The minimum absolute atomic E-state index is 0.0909. The molecule has 0 bridgehead atoms. The second kappa shape index (κ2) is 41.3. The number of aliphatic hydroxyl groups excluding tert-OH is 5. The van der Waals surface area contributed by atoms with Gasteiger partial charge in [0.1, 0.15) is 18.3 Å². The van der Waals surface area contributed by atoms with E-state index in [1.165, 1.54) is 186 Å².